The van der Waals surface area contributed by atoms with Crippen LogP contribution in [0.15, 0.2) is 30.3 Å². The number of pyridine rings is 1. The Kier molecular flexibility index (Phi) is 5.70. The molecule has 1 aliphatic heterocycles. The van der Waals surface area contributed by atoms with Gasteiger partial charge in [-0.3, -0.25) is 4.90 Å². The highest BCUT2D eigenvalue weighted by Gasteiger charge is 2.43. The number of alkyl halides is 6. The van der Waals surface area contributed by atoms with Crippen LogP contribution in [0.2, 0.25) is 5.15 Å². The van der Waals surface area contributed by atoms with Crippen molar-refractivity contribution in [1.29, 1.82) is 0 Å². The van der Waals surface area contributed by atoms with Gasteiger partial charge in [-0.2, -0.15) is 26.3 Å². The highest BCUT2D eigenvalue weighted by atomic mass is 35.5. The monoisotopic (exact) mass is 448 g/mol. The third kappa shape index (κ3) is 4.50. The third-order valence-corrected chi connectivity index (χ3v) is 4.84. The summed E-state index contributed by atoms with van der Waals surface area (Å²) in [6, 6.07) is 3.08. The Bertz CT molecular complexity index is 950. The number of aromatic nitrogens is 1. The molecule has 1 aliphatic rings. The van der Waals surface area contributed by atoms with Crippen LogP contribution in [0.25, 0.3) is 0 Å². The number of ether oxygens (including phenoxy) is 1. The van der Waals surface area contributed by atoms with Crippen molar-refractivity contribution in [2.24, 2.45) is 0 Å². The number of rotatable bonds is 3. The van der Waals surface area contributed by atoms with Crippen LogP contribution in [-0.4, -0.2) is 29.9 Å². The molecule has 0 N–H and O–H groups in total. The second kappa shape index (κ2) is 7.68. The molecule has 158 valence electrons. The molecular weight excluding hydrogens is 436 g/mol. The number of hydrogen-bond acceptors (Lipinski definition) is 3. The SMILES string of the molecule is [B]c1ccc(Cl)nc1CN1C(=O)O[C@H](c2cc(C(F)(F)F)cc(C(F)(F)F)c2)[C@@H]1C. The van der Waals surface area contributed by atoms with E-state index in [4.69, 9.17) is 24.2 Å². The van der Waals surface area contributed by atoms with Gasteiger partial charge in [-0.05, 0) is 36.8 Å². The van der Waals surface area contributed by atoms with Gasteiger partial charge < -0.3 is 4.74 Å². The van der Waals surface area contributed by atoms with Gasteiger partial charge in [0.25, 0.3) is 0 Å². The normalized spacial score (nSPS) is 19.9. The third-order valence-electron chi connectivity index (χ3n) is 4.63. The van der Waals surface area contributed by atoms with Gasteiger partial charge in [0.2, 0.25) is 0 Å². The van der Waals surface area contributed by atoms with Crippen molar-refractivity contribution in [3.05, 3.63) is 57.9 Å². The van der Waals surface area contributed by atoms with Crippen LogP contribution < -0.4 is 5.46 Å². The van der Waals surface area contributed by atoms with E-state index in [-0.39, 0.29) is 28.9 Å². The van der Waals surface area contributed by atoms with Crippen LogP contribution in [0.5, 0.6) is 0 Å². The fourth-order valence-corrected chi connectivity index (χ4v) is 3.24. The number of amides is 1. The number of halogens is 7. The first-order chi connectivity index (χ1) is 13.8. The lowest BCUT2D eigenvalue weighted by molar-refractivity contribution is -0.143. The van der Waals surface area contributed by atoms with E-state index in [1.54, 1.807) is 0 Å². The Morgan fingerprint density at radius 2 is 1.67 bits per heavy atom. The predicted octanol–water partition coefficient (Wildman–Crippen LogP) is 4.65. The van der Waals surface area contributed by atoms with Crippen molar-refractivity contribution in [2.45, 2.75) is 38.0 Å². The van der Waals surface area contributed by atoms with Crippen molar-refractivity contribution in [1.82, 2.24) is 9.88 Å². The van der Waals surface area contributed by atoms with Crippen molar-refractivity contribution in [3.8, 4) is 0 Å². The van der Waals surface area contributed by atoms with Crippen molar-refractivity contribution in [2.75, 3.05) is 0 Å². The number of carbonyl (C=O) groups excluding carboxylic acids is 1. The quantitative estimate of drug-likeness (QED) is 0.390. The molecule has 1 saturated heterocycles. The molecular formula is C18H12BClF6N2O2. The van der Waals surface area contributed by atoms with Gasteiger partial charge >= 0.3 is 18.4 Å². The fraction of sp³-hybridized carbons (Fsp3) is 0.333. The van der Waals surface area contributed by atoms with Gasteiger partial charge in [0.05, 0.1) is 29.4 Å². The number of cyclic esters (lactones) is 1. The lowest BCUT2D eigenvalue weighted by atomic mass is 9.93. The van der Waals surface area contributed by atoms with Gasteiger partial charge in [-0.25, -0.2) is 9.78 Å². The molecule has 0 aliphatic carbocycles. The van der Waals surface area contributed by atoms with Crippen LogP contribution >= 0.6 is 11.6 Å². The van der Waals surface area contributed by atoms with E-state index in [2.05, 4.69) is 4.98 Å². The molecule has 0 spiro atoms. The zero-order chi connectivity index (χ0) is 22.4. The molecule has 0 bridgehead atoms. The van der Waals surface area contributed by atoms with Crippen LogP contribution in [0.3, 0.4) is 0 Å². The van der Waals surface area contributed by atoms with Crippen molar-refractivity contribution in [3.63, 3.8) is 0 Å². The Labute approximate surface area is 173 Å². The summed E-state index contributed by atoms with van der Waals surface area (Å²) in [4.78, 5) is 17.4. The minimum absolute atomic E-state index is 0.0132. The van der Waals surface area contributed by atoms with E-state index in [0.29, 0.717) is 12.1 Å². The van der Waals surface area contributed by atoms with Crippen LogP contribution in [0, 0.1) is 0 Å². The fourth-order valence-electron chi connectivity index (χ4n) is 3.08. The van der Waals surface area contributed by atoms with Gasteiger partial charge in [-0.15, -0.1) is 0 Å². The molecule has 2 heterocycles. The maximum Gasteiger partial charge on any atom is 0.416 e. The minimum atomic E-state index is -5.01. The van der Waals surface area contributed by atoms with Gasteiger partial charge in [0.1, 0.15) is 19.1 Å². The Morgan fingerprint density at radius 1 is 1.10 bits per heavy atom. The summed E-state index contributed by atoms with van der Waals surface area (Å²) >= 11 is 5.81. The minimum Gasteiger partial charge on any atom is -0.439 e. The average molecular weight is 449 g/mol. The molecule has 0 unspecified atom stereocenters. The highest BCUT2D eigenvalue weighted by Crippen LogP contribution is 2.40. The molecule has 12 heteroatoms. The largest absolute Gasteiger partial charge is 0.439 e. The maximum atomic E-state index is 13.1. The highest BCUT2D eigenvalue weighted by molar-refractivity contribution is 6.34. The summed E-state index contributed by atoms with van der Waals surface area (Å²) in [5, 5.41) is 0.101. The molecule has 2 radical (unpaired) electrons. The standard InChI is InChI=1S/C18H12BClF6N2O2/c1-8-15(9-4-10(17(21,22)23)6-11(5-9)18(24,25)26)30-16(29)28(8)7-13-12(19)2-3-14(20)27-13/h2-6,8,15H,7H2,1H3/t8-,15-/m0/s1. The Balaban J connectivity index is 1.97. The summed E-state index contributed by atoms with van der Waals surface area (Å²) in [7, 11) is 5.79. The first-order valence-electron chi connectivity index (χ1n) is 8.45. The van der Waals surface area contributed by atoms with E-state index in [1.165, 1.54) is 19.1 Å². The summed E-state index contributed by atoms with van der Waals surface area (Å²) in [6.45, 7) is 1.25. The Hall–Kier alpha value is -2.43. The summed E-state index contributed by atoms with van der Waals surface area (Å²) in [6.07, 6.45) is -12.3. The molecule has 2 atom stereocenters. The zero-order valence-corrected chi connectivity index (χ0v) is 15.9. The average Bonchev–Trinajstić information content (AvgIpc) is 2.91. The molecule has 1 fully saturated rings. The van der Waals surface area contributed by atoms with Gasteiger partial charge in [0, 0.05) is 0 Å². The van der Waals surface area contributed by atoms with Crippen molar-refractivity contribution >= 4 is 31.0 Å². The van der Waals surface area contributed by atoms with E-state index in [1.807, 2.05) is 0 Å². The van der Waals surface area contributed by atoms with E-state index < -0.39 is 47.3 Å². The zero-order valence-electron chi connectivity index (χ0n) is 15.2. The smallest absolute Gasteiger partial charge is 0.416 e. The maximum absolute atomic E-state index is 13.1. The van der Waals surface area contributed by atoms with Crippen LogP contribution in [0.1, 0.15) is 35.4 Å². The second-order valence-corrected chi connectivity index (χ2v) is 7.07. The lowest BCUT2D eigenvalue weighted by Crippen LogP contribution is -2.34. The lowest BCUT2D eigenvalue weighted by Gasteiger charge is -2.22. The van der Waals surface area contributed by atoms with Crippen LogP contribution in [0.4, 0.5) is 31.1 Å². The molecule has 1 aromatic carbocycles. The number of carbonyl (C=O) groups is 1. The molecule has 2 aromatic rings. The number of hydrogen-bond donors (Lipinski definition) is 0. The molecule has 30 heavy (non-hydrogen) atoms. The van der Waals surface area contributed by atoms with E-state index in [9.17, 15) is 31.1 Å². The molecule has 1 amide bonds. The van der Waals surface area contributed by atoms with Crippen molar-refractivity contribution < 1.29 is 35.9 Å². The molecule has 4 nitrogen and oxygen atoms in total. The summed E-state index contributed by atoms with van der Waals surface area (Å²) < 4.78 is 83.8. The topological polar surface area (TPSA) is 42.4 Å². The van der Waals surface area contributed by atoms with Gasteiger partial charge in [0.15, 0.2) is 0 Å². The molecule has 0 saturated carbocycles. The summed E-state index contributed by atoms with van der Waals surface area (Å²) in [5.41, 5.74) is -2.98. The molecule has 1 aromatic heterocycles. The Morgan fingerprint density at radius 3 is 2.20 bits per heavy atom. The summed E-state index contributed by atoms with van der Waals surface area (Å²) in [5.74, 6) is 0. The van der Waals surface area contributed by atoms with Crippen LogP contribution in [-0.2, 0) is 23.6 Å². The first-order valence-corrected chi connectivity index (χ1v) is 8.82. The first kappa shape index (κ1) is 22.3. The van der Waals surface area contributed by atoms with E-state index in [0.717, 1.165) is 4.90 Å². The number of benzene rings is 1. The van der Waals surface area contributed by atoms with Gasteiger partial charge in [-0.1, -0.05) is 23.1 Å². The van der Waals surface area contributed by atoms with E-state index >= 15 is 0 Å². The predicted molar refractivity (Wildman–Crippen MR) is 95.3 cm³/mol. The molecule has 3 rings (SSSR count). The number of nitrogens with zero attached hydrogens (tertiary/aromatic N) is 2. The second-order valence-electron chi connectivity index (χ2n) is 6.68.